The molecule has 0 spiro atoms. The second-order valence-electron chi connectivity index (χ2n) is 12.0. The van der Waals surface area contributed by atoms with E-state index in [0.717, 1.165) is 32.1 Å². The molecule has 0 saturated carbocycles. The lowest BCUT2D eigenvalue weighted by atomic mass is 10.0. The third-order valence-electron chi connectivity index (χ3n) is 7.32. The second kappa shape index (κ2) is 13.9. The van der Waals surface area contributed by atoms with E-state index in [1.165, 1.54) is 16.4 Å². The average molecular weight is 553 g/mol. The van der Waals surface area contributed by atoms with Gasteiger partial charge in [-0.2, -0.15) is 0 Å². The van der Waals surface area contributed by atoms with Gasteiger partial charge >= 0.3 is 5.97 Å². The molecule has 0 amide bonds. The maximum atomic E-state index is 11.8. The molecular weight excluding hydrogens is 504 g/mol. The zero-order valence-corrected chi connectivity index (χ0v) is 25.9. The van der Waals surface area contributed by atoms with E-state index in [0.29, 0.717) is 6.61 Å². The number of carbonyl (C=O) groups is 1. The Morgan fingerprint density at radius 1 is 0.974 bits per heavy atom. The van der Waals surface area contributed by atoms with E-state index in [2.05, 4.69) is 88.4 Å². The molecule has 5 nitrogen and oxygen atoms in total. The van der Waals surface area contributed by atoms with Crippen LogP contribution >= 0.6 is 0 Å². The third-order valence-corrected chi connectivity index (χ3v) is 12.5. The SMILES string of the molecule is CCOC(=O)/C=C\[C@H]1OC(C)(C)O[C@@H]1CCCCC[C@@H](C)O[Si](c1ccccc1)(c1ccccc1)C(C)(C)C. The van der Waals surface area contributed by atoms with E-state index >= 15 is 0 Å². The average Bonchev–Trinajstić information content (AvgIpc) is 3.19. The molecule has 0 aromatic heterocycles. The van der Waals surface area contributed by atoms with Crippen molar-refractivity contribution in [2.45, 2.75) is 110 Å². The molecule has 1 aliphatic rings. The van der Waals surface area contributed by atoms with Gasteiger partial charge in [-0.1, -0.05) is 101 Å². The first-order valence-electron chi connectivity index (χ1n) is 14.5. The number of unbranched alkanes of at least 4 members (excludes halogenated alkanes) is 2. The highest BCUT2D eigenvalue weighted by atomic mass is 28.4. The van der Waals surface area contributed by atoms with Crippen molar-refractivity contribution in [1.29, 1.82) is 0 Å². The molecule has 1 saturated heterocycles. The number of rotatable bonds is 13. The molecule has 0 aliphatic carbocycles. The zero-order chi connectivity index (χ0) is 28.5. The Hall–Kier alpha value is -2.25. The summed E-state index contributed by atoms with van der Waals surface area (Å²) in [7, 11) is -2.53. The van der Waals surface area contributed by atoms with Gasteiger partial charge in [-0.15, -0.1) is 0 Å². The summed E-state index contributed by atoms with van der Waals surface area (Å²) in [5.74, 6) is -1.01. The van der Waals surface area contributed by atoms with Crippen molar-refractivity contribution in [3.63, 3.8) is 0 Å². The summed E-state index contributed by atoms with van der Waals surface area (Å²) < 4.78 is 24.4. The maximum absolute atomic E-state index is 11.8. The van der Waals surface area contributed by atoms with Gasteiger partial charge in [0.1, 0.15) is 6.10 Å². The maximum Gasteiger partial charge on any atom is 0.330 e. The molecule has 0 N–H and O–H groups in total. The summed E-state index contributed by atoms with van der Waals surface area (Å²) in [6, 6.07) is 21.7. The van der Waals surface area contributed by atoms with Crippen molar-refractivity contribution in [1.82, 2.24) is 0 Å². The Kier molecular flexibility index (Phi) is 11.1. The molecule has 2 aromatic carbocycles. The summed E-state index contributed by atoms with van der Waals surface area (Å²) in [5.41, 5.74) is 0. The number of hydrogen-bond acceptors (Lipinski definition) is 5. The fourth-order valence-electron chi connectivity index (χ4n) is 5.62. The first-order chi connectivity index (χ1) is 18.5. The van der Waals surface area contributed by atoms with Gasteiger partial charge in [-0.3, -0.25) is 0 Å². The zero-order valence-electron chi connectivity index (χ0n) is 24.9. The number of esters is 1. The van der Waals surface area contributed by atoms with Crippen LogP contribution in [0.25, 0.3) is 0 Å². The molecule has 3 atom stereocenters. The van der Waals surface area contributed by atoms with E-state index in [4.69, 9.17) is 18.6 Å². The Balaban J connectivity index is 1.60. The molecule has 1 heterocycles. The monoisotopic (exact) mass is 552 g/mol. The van der Waals surface area contributed by atoms with E-state index in [-0.39, 0.29) is 29.3 Å². The Morgan fingerprint density at radius 3 is 2.10 bits per heavy atom. The second-order valence-corrected chi connectivity index (χ2v) is 16.2. The van der Waals surface area contributed by atoms with Crippen LogP contribution in [0.2, 0.25) is 5.04 Å². The molecule has 6 heteroatoms. The van der Waals surface area contributed by atoms with E-state index in [1.54, 1.807) is 13.0 Å². The summed E-state index contributed by atoms with van der Waals surface area (Å²) >= 11 is 0. The van der Waals surface area contributed by atoms with Crippen LogP contribution in [-0.4, -0.2) is 45.0 Å². The van der Waals surface area contributed by atoms with Gasteiger partial charge in [0.2, 0.25) is 0 Å². The summed E-state index contributed by atoms with van der Waals surface area (Å²) in [5, 5.41) is 2.61. The van der Waals surface area contributed by atoms with Gasteiger partial charge in [0, 0.05) is 12.2 Å². The highest BCUT2D eigenvalue weighted by molar-refractivity contribution is 6.99. The molecule has 0 radical (unpaired) electrons. The summed E-state index contributed by atoms with van der Waals surface area (Å²) in [6.45, 7) is 15.2. The molecule has 1 fully saturated rings. The van der Waals surface area contributed by atoms with Crippen molar-refractivity contribution in [3.05, 3.63) is 72.8 Å². The Labute approximate surface area is 237 Å². The van der Waals surface area contributed by atoms with Crippen molar-refractivity contribution in [2.75, 3.05) is 6.61 Å². The minimum Gasteiger partial charge on any atom is -0.463 e. The quantitative estimate of drug-likeness (QED) is 0.122. The molecule has 3 rings (SSSR count). The normalized spacial score (nSPS) is 20.3. The van der Waals surface area contributed by atoms with Gasteiger partial charge in [0.15, 0.2) is 5.79 Å². The van der Waals surface area contributed by atoms with E-state index in [1.807, 2.05) is 13.8 Å². The van der Waals surface area contributed by atoms with Gasteiger partial charge < -0.3 is 18.6 Å². The molecular formula is C33H48O5Si. The van der Waals surface area contributed by atoms with E-state index in [9.17, 15) is 4.79 Å². The molecule has 1 aliphatic heterocycles. The lowest BCUT2D eigenvalue weighted by Crippen LogP contribution is -2.67. The van der Waals surface area contributed by atoms with Crippen LogP contribution < -0.4 is 10.4 Å². The predicted molar refractivity (Wildman–Crippen MR) is 161 cm³/mol. The van der Waals surface area contributed by atoms with Crippen LogP contribution in [0.15, 0.2) is 72.8 Å². The number of benzene rings is 2. The first-order valence-corrected chi connectivity index (χ1v) is 16.4. The minimum atomic E-state index is -2.53. The van der Waals surface area contributed by atoms with Gasteiger partial charge in [0.05, 0.1) is 12.7 Å². The Morgan fingerprint density at radius 2 is 1.56 bits per heavy atom. The molecule has 0 bridgehead atoms. The van der Waals surface area contributed by atoms with Crippen LogP contribution in [0.3, 0.4) is 0 Å². The fourth-order valence-corrected chi connectivity index (χ4v) is 10.4. The van der Waals surface area contributed by atoms with E-state index < -0.39 is 14.1 Å². The fraction of sp³-hybridized carbons (Fsp3) is 0.545. The van der Waals surface area contributed by atoms with Crippen molar-refractivity contribution in [2.24, 2.45) is 0 Å². The van der Waals surface area contributed by atoms with Gasteiger partial charge in [0.25, 0.3) is 8.32 Å². The van der Waals surface area contributed by atoms with Crippen LogP contribution in [0, 0.1) is 0 Å². The largest absolute Gasteiger partial charge is 0.463 e. The minimum absolute atomic E-state index is 0.0251. The standard InChI is InChI=1S/C33H48O5Si/c1-8-35-31(34)25-24-30-29(36-33(6,7)37-30)23-17-9-12-18-26(2)38-39(32(3,4)5,27-19-13-10-14-20-27)28-21-15-11-16-22-28/h10-11,13-16,19-22,24-26,29-30H,8-9,12,17-18,23H2,1-7H3/b25-24-/t26-,29-,30-/m1/s1. The van der Waals surface area contributed by atoms with Crippen LogP contribution in [0.5, 0.6) is 0 Å². The van der Waals surface area contributed by atoms with Crippen molar-refractivity contribution < 1.29 is 23.4 Å². The lowest BCUT2D eigenvalue weighted by Gasteiger charge is -2.44. The highest BCUT2D eigenvalue weighted by Crippen LogP contribution is 2.38. The highest BCUT2D eigenvalue weighted by Gasteiger charge is 2.50. The van der Waals surface area contributed by atoms with Crippen molar-refractivity contribution in [3.8, 4) is 0 Å². The molecule has 2 aromatic rings. The van der Waals surface area contributed by atoms with Gasteiger partial charge in [-0.25, -0.2) is 4.79 Å². The lowest BCUT2D eigenvalue weighted by molar-refractivity contribution is -0.144. The number of hydrogen-bond donors (Lipinski definition) is 0. The smallest absolute Gasteiger partial charge is 0.330 e. The van der Waals surface area contributed by atoms with Gasteiger partial charge in [-0.05, 0) is 62.0 Å². The van der Waals surface area contributed by atoms with Crippen LogP contribution in [0.1, 0.15) is 80.6 Å². The summed E-state index contributed by atoms with van der Waals surface area (Å²) in [4.78, 5) is 11.8. The predicted octanol–water partition coefficient (Wildman–Crippen LogP) is 6.54. The van der Waals surface area contributed by atoms with Crippen LogP contribution in [-0.2, 0) is 23.4 Å². The van der Waals surface area contributed by atoms with Crippen molar-refractivity contribution >= 4 is 24.7 Å². The third kappa shape index (κ3) is 8.37. The number of carbonyl (C=O) groups excluding carboxylic acids is 1. The first kappa shape index (κ1) is 31.3. The summed E-state index contributed by atoms with van der Waals surface area (Å²) in [6.07, 6.45) is 8.13. The topological polar surface area (TPSA) is 54.0 Å². The Bertz CT molecular complexity index is 1010. The molecule has 214 valence electrons. The van der Waals surface area contributed by atoms with Crippen LogP contribution in [0.4, 0.5) is 0 Å². The number of ether oxygens (including phenoxy) is 3. The molecule has 39 heavy (non-hydrogen) atoms. The molecule has 0 unspecified atom stereocenters.